The van der Waals surface area contributed by atoms with Gasteiger partial charge in [0.25, 0.3) is 0 Å². The third-order valence-electron chi connectivity index (χ3n) is 4.05. The molecule has 4 nitrogen and oxygen atoms in total. The van der Waals surface area contributed by atoms with E-state index in [1.165, 1.54) is 16.7 Å². The SMILES string of the molecule is Cc1cccc(CSCC(=O)NCC(N2CCNCC2)C(F)(F)F)c1.Cl. The lowest BCUT2D eigenvalue weighted by molar-refractivity contribution is -0.183. The molecule has 0 aromatic heterocycles. The maximum atomic E-state index is 13.2. The Morgan fingerprint density at radius 1 is 1.35 bits per heavy atom. The number of piperazine rings is 1. The lowest BCUT2D eigenvalue weighted by atomic mass is 10.2. The van der Waals surface area contributed by atoms with Gasteiger partial charge in [-0.1, -0.05) is 29.8 Å². The lowest BCUT2D eigenvalue weighted by Gasteiger charge is -2.35. The van der Waals surface area contributed by atoms with Crippen molar-refractivity contribution in [3.63, 3.8) is 0 Å². The molecule has 26 heavy (non-hydrogen) atoms. The fraction of sp³-hybridized carbons (Fsp3) is 0.588. The second-order valence-electron chi connectivity index (χ2n) is 6.13. The molecule has 148 valence electrons. The highest BCUT2D eigenvalue weighted by molar-refractivity contribution is 7.99. The number of hydrogen-bond donors (Lipinski definition) is 2. The van der Waals surface area contributed by atoms with Crippen LogP contribution in [0.25, 0.3) is 0 Å². The molecule has 9 heteroatoms. The van der Waals surface area contributed by atoms with Gasteiger partial charge >= 0.3 is 6.18 Å². The van der Waals surface area contributed by atoms with Gasteiger partial charge in [-0.05, 0) is 12.5 Å². The van der Waals surface area contributed by atoms with E-state index in [0.717, 1.165) is 11.1 Å². The third kappa shape index (κ3) is 7.73. The van der Waals surface area contributed by atoms with Crippen LogP contribution in [0, 0.1) is 6.92 Å². The Hall–Kier alpha value is -0.960. The number of carbonyl (C=O) groups excluding carboxylic acids is 1. The molecule has 1 unspecified atom stereocenters. The summed E-state index contributed by atoms with van der Waals surface area (Å²) in [6.07, 6.45) is -4.35. The number of nitrogens with one attached hydrogen (secondary N) is 2. The molecule has 0 radical (unpaired) electrons. The molecule has 1 saturated heterocycles. The molecule has 1 amide bonds. The molecule has 1 aliphatic rings. The van der Waals surface area contributed by atoms with Gasteiger partial charge in [-0.15, -0.1) is 24.2 Å². The third-order valence-corrected chi connectivity index (χ3v) is 5.05. The predicted molar refractivity (Wildman–Crippen MR) is 102 cm³/mol. The van der Waals surface area contributed by atoms with Crippen LogP contribution in [0.4, 0.5) is 13.2 Å². The van der Waals surface area contributed by atoms with Crippen molar-refractivity contribution in [1.82, 2.24) is 15.5 Å². The molecular formula is C17H25ClF3N3OS. The van der Waals surface area contributed by atoms with Gasteiger partial charge in [-0.25, -0.2) is 0 Å². The summed E-state index contributed by atoms with van der Waals surface area (Å²) in [4.78, 5) is 13.3. The Balaban J connectivity index is 0.00000338. The number of thioether (sulfide) groups is 1. The summed E-state index contributed by atoms with van der Waals surface area (Å²) in [5.74, 6) is 0.456. The molecular weight excluding hydrogens is 387 g/mol. The monoisotopic (exact) mass is 411 g/mol. The van der Waals surface area contributed by atoms with Crippen molar-refractivity contribution in [2.24, 2.45) is 0 Å². The van der Waals surface area contributed by atoms with E-state index in [9.17, 15) is 18.0 Å². The van der Waals surface area contributed by atoms with E-state index in [0.29, 0.717) is 31.9 Å². The van der Waals surface area contributed by atoms with Crippen molar-refractivity contribution in [3.8, 4) is 0 Å². The second-order valence-corrected chi connectivity index (χ2v) is 7.11. The van der Waals surface area contributed by atoms with Crippen LogP contribution >= 0.6 is 24.2 Å². The summed E-state index contributed by atoms with van der Waals surface area (Å²) < 4.78 is 39.7. The first-order chi connectivity index (χ1) is 11.9. The van der Waals surface area contributed by atoms with Crippen molar-refractivity contribution in [1.29, 1.82) is 0 Å². The van der Waals surface area contributed by atoms with Crippen LogP contribution in [0.3, 0.4) is 0 Å². The van der Waals surface area contributed by atoms with E-state index in [-0.39, 0.29) is 24.1 Å². The van der Waals surface area contributed by atoms with Crippen molar-refractivity contribution >= 4 is 30.1 Å². The predicted octanol–water partition coefficient (Wildman–Crippen LogP) is 2.60. The van der Waals surface area contributed by atoms with Gasteiger partial charge in [0.1, 0.15) is 6.04 Å². The van der Waals surface area contributed by atoms with Crippen LogP contribution in [-0.4, -0.2) is 61.5 Å². The zero-order valence-electron chi connectivity index (χ0n) is 14.6. The van der Waals surface area contributed by atoms with Crippen molar-refractivity contribution in [2.75, 3.05) is 38.5 Å². The van der Waals surface area contributed by atoms with Gasteiger partial charge in [-0.3, -0.25) is 9.69 Å². The quantitative estimate of drug-likeness (QED) is 0.724. The summed E-state index contributed by atoms with van der Waals surface area (Å²) in [5, 5.41) is 5.48. The maximum Gasteiger partial charge on any atom is 0.405 e. The van der Waals surface area contributed by atoms with Crippen molar-refractivity contribution < 1.29 is 18.0 Å². The Labute approximate surface area is 162 Å². The summed E-state index contributed by atoms with van der Waals surface area (Å²) in [6, 6.07) is 6.33. The van der Waals surface area contributed by atoms with E-state index in [4.69, 9.17) is 0 Å². The largest absolute Gasteiger partial charge is 0.405 e. The molecule has 1 fully saturated rings. The smallest absolute Gasteiger partial charge is 0.353 e. The van der Waals surface area contributed by atoms with E-state index in [2.05, 4.69) is 10.6 Å². The number of amides is 1. The molecule has 1 aromatic carbocycles. The van der Waals surface area contributed by atoms with Gasteiger partial charge in [0.2, 0.25) is 5.91 Å². The Morgan fingerprint density at radius 2 is 2.04 bits per heavy atom. The molecule has 2 rings (SSSR count). The van der Waals surface area contributed by atoms with E-state index >= 15 is 0 Å². The number of nitrogens with zero attached hydrogens (tertiary/aromatic N) is 1. The number of halogens is 4. The molecule has 0 spiro atoms. The first-order valence-electron chi connectivity index (χ1n) is 8.28. The van der Waals surface area contributed by atoms with Crippen LogP contribution in [0.5, 0.6) is 0 Å². The fourth-order valence-electron chi connectivity index (χ4n) is 2.77. The van der Waals surface area contributed by atoms with Crippen molar-refractivity contribution in [2.45, 2.75) is 24.9 Å². The Bertz CT molecular complexity index is 568. The van der Waals surface area contributed by atoms with Crippen LogP contribution in [0.15, 0.2) is 24.3 Å². The minimum Gasteiger partial charge on any atom is -0.353 e. The van der Waals surface area contributed by atoms with Crippen LogP contribution in [0.1, 0.15) is 11.1 Å². The highest BCUT2D eigenvalue weighted by Gasteiger charge is 2.43. The van der Waals surface area contributed by atoms with Gasteiger partial charge in [0, 0.05) is 38.5 Å². The number of benzene rings is 1. The van der Waals surface area contributed by atoms with Gasteiger partial charge in [0.15, 0.2) is 0 Å². The van der Waals surface area contributed by atoms with Crippen LogP contribution in [0.2, 0.25) is 0 Å². The number of carbonyl (C=O) groups is 1. The zero-order chi connectivity index (χ0) is 18.3. The molecule has 0 aliphatic carbocycles. The Morgan fingerprint density at radius 3 is 2.65 bits per heavy atom. The molecule has 1 aliphatic heterocycles. The van der Waals surface area contributed by atoms with Gasteiger partial charge < -0.3 is 10.6 Å². The first-order valence-corrected chi connectivity index (χ1v) is 9.43. The number of hydrogen-bond acceptors (Lipinski definition) is 4. The summed E-state index contributed by atoms with van der Waals surface area (Å²) in [6.45, 7) is 3.34. The standard InChI is InChI=1S/C17H24F3N3OS.ClH/c1-13-3-2-4-14(9-13)11-25-12-16(24)22-10-15(17(18,19)20)23-7-5-21-6-8-23;/h2-4,9,15,21H,5-8,10-12H2,1H3,(H,22,24);1H. The first kappa shape index (κ1) is 23.1. The van der Waals surface area contributed by atoms with E-state index in [1.807, 2.05) is 31.2 Å². The minimum atomic E-state index is -4.35. The summed E-state index contributed by atoms with van der Waals surface area (Å²) >= 11 is 1.40. The molecule has 2 N–H and O–H groups in total. The molecule has 0 bridgehead atoms. The average molecular weight is 412 g/mol. The number of alkyl halides is 3. The second kappa shape index (κ2) is 11.0. The normalized spacial score (nSPS) is 16.6. The fourth-order valence-corrected chi connectivity index (χ4v) is 3.58. The summed E-state index contributed by atoms with van der Waals surface area (Å²) in [5.41, 5.74) is 2.25. The molecule has 1 heterocycles. The van der Waals surface area contributed by atoms with Crippen LogP contribution < -0.4 is 10.6 Å². The highest BCUT2D eigenvalue weighted by atomic mass is 35.5. The minimum absolute atomic E-state index is 0. The number of rotatable bonds is 7. The van der Waals surface area contributed by atoms with Crippen LogP contribution in [-0.2, 0) is 10.5 Å². The Kier molecular flexibility index (Phi) is 9.78. The zero-order valence-corrected chi connectivity index (χ0v) is 16.3. The summed E-state index contributed by atoms with van der Waals surface area (Å²) in [7, 11) is 0. The number of aryl methyl sites for hydroxylation is 1. The lowest BCUT2D eigenvalue weighted by Crippen LogP contribution is -2.57. The van der Waals surface area contributed by atoms with Crippen molar-refractivity contribution in [3.05, 3.63) is 35.4 Å². The molecule has 0 saturated carbocycles. The molecule has 1 aromatic rings. The van der Waals surface area contributed by atoms with Gasteiger partial charge in [0.05, 0.1) is 5.75 Å². The maximum absolute atomic E-state index is 13.2. The van der Waals surface area contributed by atoms with E-state index < -0.39 is 18.8 Å². The topological polar surface area (TPSA) is 44.4 Å². The molecule has 1 atom stereocenters. The van der Waals surface area contributed by atoms with E-state index in [1.54, 1.807) is 0 Å². The average Bonchev–Trinajstić information content (AvgIpc) is 2.55. The highest BCUT2D eigenvalue weighted by Crippen LogP contribution is 2.24. The van der Waals surface area contributed by atoms with Gasteiger partial charge in [-0.2, -0.15) is 13.2 Å².